The van der Waals surface area contributed by atoms with Crippen molar-refractivity contribution < 1.29 is 29.0 Å². The lowest BCUT2D eigenvalue weighted by Crippen LogP contribution is -2.40. The lowest BCUT2D eigenvalue weighted by atomic mass is 10.2. The molecule has 2 aromatic rings. The zero-order valence-corrected chi connectivity index (χ0v) is 18.9. The molecule has 2 saturated heterocycles. The molecule has 4 rings (SSSR count). The van der Waals surface area contributed by atoms with E-state index in [9.17, 15) is 34.6 Å². The van der Waals surface area contributed by atoms with Crippen LogP contribution in [-0.2, 0) is 9.59 Å². The monoisotopic (exact) mass is 498 g/mol. The molecule has 2 aliphatic heterocycles. The highest BCUT2D eigenvalue weighted by Gasteiger charge is 2.37. The Bertz CT molecular complexity index is 1250. The fourth-order valence-corrected chi connectivity index (χ4v) is 4.44. The Morgan fingerprint density at radius 1 is 1.03 bits per heavy atom. The minimum Gasteiger partial charge on any atom is -0.450 e. The molecular weight excluding hydrogens is 480 g/mol. The number of likely N-dealkylation sites (tertiary alicyclic amines) is 1. The van der Waals surface area contributed by atoms with Crippen LogP contribution in [0.3, 0.4) is 0 Å². The molecule has 3 amide bonds. The van der Waals surface area contributed by atoms with Crippen LogP contribution in [0.1, 0.15) is 18.4 Å². The zero-order chi connectivity index (χ0) is 25.1. The lowest BCUT2D eigenvalue weighted by molar-refractivity contribution is -0.394. The summed E-state index contributed by atoms with van der Waals surface area (Å²) in [5.41, 5.74) is -0.428. The molecule has 2 aromatic carbocycles. The molecule has 0 radical (unpaired) electrons. The summed E-state index contributed by atoms with van der Waals surface area (Å²) >= 11 is 0.743. The van der Waals surface area contributed by atoms with Gasteiger partial charge in [-0.15, -0.1) is 0 Å². The van der Waals surface area contributed by atoms with Gasteiger partial charge in [0.1, 0.15) is 12.3 Å². The van der Waals surface area contributed by atoms with Gasteiger partial charge in [-0.05, 0) is 54.4 Å². The number of nitro groups is 2. The lowest BCUT2D eigenvalue weighted by Gasteiger charge is -2.18. The normalized spacial score (nSPS) is 16.7. The molecule has 13 heteroatoms. The van der Waals surface area contributed by atoms with Crippen LogP contribution in [0.15, 0.2) is 47.4 Å². The third-order valence-electron chi connectivity index (χ3n) is 5.38. The van der Waals surface area contributed by atoms with Crippen LogP contribution in [0.25, 0.3) is 6.08 Å². The predicted molar refractivity (Wildman–Crippen MR) is 125 cm³/mol. The SMILES string of the molecule is O=C(CN1C(=O)S/C(=C/c2ccc(Oc3ccc([N+](=O)[O-])cc3[N+](=O)[O-])cc2)C1=O)N1CCCC1. The largest absolute Gasteiger partial charge is 0.450 e. The van der Waals surface area contributed by atoms with Crippen molar-refractivity contribution in [1.29, 1.82) is 0 Å². The van der Waals surface area contributed by atoms with Crippen LogP contribution in [0, 0.1) is 20.2 Å². The maximum Gasteiger partial charge on any atom is 0.318 e. The van der Waals surface area contributed by atoms with Gasteiger partial charge in [-0.25, -0.2) is 0 Å². The van der Waals surface area contributed by atoms with Gasteiger partial charge in [-0.2, -0.15) is 0 Å². The third kappa shape index (κ3) is 5.30. The number of nitro benzene ring substituents is 2. The van der Waals surface area contributed by atoms with Crippen molar-refractivity contribution in [2.75, 3.05) is 19.6 Å². The molecule has 2 fully saturated rings. The molecule has 2 aliphatic rings. The zero-order valence-electron chi connectivity index (χ0n) is 18.1. The first-order valence-corrected chi connectivity index (χ1v) is 11.3. The van der Waals surface area contributed by atoms with Crippen LogP contribution in [0.4, 0.5) is 16.2 Å². The van der Waals surface area contributed by atoms with E-state index in [4.69, 9.17) is 4.74 Å². The number of benzene rings is 2. The molecule has 2 heterocycles. The summed E-state index contributed by atoms with van der Waals surface area (Å²) in [7, 11) is 0. The first kappa shape index (κ1) is 23.9. The molecule has 0 bridgehead atoms. The summed E-state index contributed by atoms with van der Waals surface area (Å²) in [4.78, 5) is 60.6. The summed E-state index contributed by atoms with van der Waals surface area (Å²) in [6.45, 7) is 0.966. The van der Waals surface area contributed by atoms with E-state index in [1.54, 1.807) is 17.0 Å². The van der Waals surface area contributed by atoms with Gasteiger partial charge in [0.15, 0.2) is 0 Å². The van der Waals surface area contributed by atoms with E-state index in [1.165, 1.54) is 18.2 Å². The number of rotatable bonds is 7. The Morgan fingerprint density at radius 2 is 1.71 bits per heavy atom. The molecular formula is C22H18N4O8S. The summed E-state index contributed by atoms with van der Waals surface area (Å²) in [5, 5.41) is 21.6. The number of imide groups is 1. The van der Waals surface area contributed by atoms with Gasteiger partial charge in [0.2, 0.25) is 11.7 Å². The quantitative estimate of drug-likeness (QED) is 0.313. The van der Waals surface area contributed by atoms with Gasteiger partial charge in [-0.1, -0.05) is 12.1 Å². The molecule has 0 N–H and O–H groups in total. The van der Waals surface area contributed by atoms with E-state index in [0.29, 0.717) is 18.7 Å². The Kier molecular flexibility index (Phi) is 6.78. The van der Waals surface area contributed by atoms with Crippen molar-refractivity contribution in [2.45, 2.75) is 12.8 Å². The maximum absolute atomic E-state index is 12.7. The molecule has 180 valence electrons. The highest BCUT2D eigenvalue weighted by atomic mass is 32.2. The van der Waals surface area contributed by atoms with Crippen LogP contribution in [-0.4, -0.2) is 56.3 Å². The predicted octanol–water partition coefficient (Wildman–Crippen LogP) is 3.95. The van der Waals surface area contributed by atoms with Crippen LogP contribution in [0.5, 0.6) is 11.5 Å². The van der Waals surface area contributed by atoms with Crippen molar-refractivity contribution >= 4 is 46.3 Å². The third-order valence-corrected chi connectivity index (χ3v) is 6.29. The summed E-state index contributed by atoms with van der Waals surface area (Å²) in [6, 6.07) is 9.21. The minimum absolute atomic E-state index is 0.169. The van der Waals surface area contributed by atoms with E-state index in [0.717, 1.165) is 47.7 Å². The summed E-state index contributed by atoms with van der Waals surface area (Å²) in [6.07, 6.45) is 3.32. The number of carbonyl (C=O) groups excluding carboxylic acids is 3. The van der Waals surface area contributed by atoms with Gasteiger partial charge in [-0.3, -0.25) is 39.5 Å². The van der Waals surface area contributed by atoms with Crippen molar-refractivity contribution in [2.24, 2.45) is 0 Å². The Morgan fingerprint density at radius 3 is 2.34 bits per heavy atom. The van der Waals surface area contributed by atoms with Crippen molar-refractivity contribution in [3.8, 4) is 11.5 Å². The van der Waals surface area contributed by atoms with E-state index in [2.05, 4.69) is 0 Å². The molecule has 0 spiro atoms. The number of hydrogen-bond acceptors (Lipinski definition) is 9. The van der Waals surface area contributed by atoms with E-state index in [1.807, 2.05) is 0 Å². The fourth-order valence-electron chi connectivity index (χ4n) is 3.60. The summed E-state index contributed by atoms with van der Waals surface area (Å²) < 4.78 is 5.52. The number of amides is 3. The molecule has 0 saturated carbocycles. The number of non-ortho nitro benzene ring substituents is 1. The second-order valence-corrected chi connectivity index (χ2v) is 8.69. The first-order valence-electron chi connectivity index (χ1n) is 10.5. The van der Waals surface area contributed by atoms with Crippen molar-refractivity contribution in [1.82, 2.24) is 9.80 Å². The number of thioether (sulfide) groups is 1. The molecule has 0 unspecified atom stereocenters. The van der Waals surface area contributed by atoms with E-state index >= 15 is 0 Å². The first-order chi connectivity index (χ1) is 16.7. The van der Waals surface area contributed by atoms with Gasteiger partial charge in [0.05, 0.1) is 20.8 Å². The topological polar surface area (TPSA) is 153 Å². The minimum atomic E-state index is -0.777. The second kappa shape index (κ2) is 9.93. The maximum atomic E-state index is 12.7. The Hall–Kier alpha value is -4.26. The number of ether oxygens (including phenoxy) is 1. The number of hydrogen-bond donors (Lipinski definition) is 0. The van der Waals surface area contributed by atoms with Gasteiger partial charge in [0.25, 0.3) is 16.8 Å². The average molecular weight is 498 g/mol. The molecule has 0 aromatic heterocycles. The molecule has 12 nitrogen and oxygen atoms in total. The number of nitrogens with zero attached hydrogens (tertiary/aromatic N) is 4. The van der Waals surface area contributed by atoms with Crippen molar-refractivity contribution in [3.63, 3.8) is 0 Å². The standard InChI is InChI=1S/C22H18N4O8S/c27-20(23-9-1-2-10-23)13-24-21(28)19(35-22(24)29)11-14-3-6-16(7-4-14)34-18-8-5-15(25(30)31)12-17(18)26(32)33/h3-8,11-12H,1-2,9-10,13H2/b19-11+. The smallest absolute Gasteiger partial charge is 0.318 e. The Labute approximate surface area is 202 Å². The summed E-state index contributed by atoms with van der Waals surface area (Å²) in [5.74, 6) is -0.747. The second-order valence-electron chi connectivity index (χ2n) is 7.69. The molecule has 35 heavy (non-hydrogen) atoms. The van der Waals surface area contributed by atoms with Gasteiger partial charge >= 0.3 is 5.69 Å². The highest BCUT2D eigenvalue weighted by Crippen LogP contribution is 2.35. The van der Waals surface area contributed by atoms with Gasteiger partial charge < -0.3 is 9.64 Å². The highest BCUT2D eigenvalue weighted by molar-refractivity contribution is 8.18. The fraction of sp³-hybridized carbons (Fsp3) is 0.227. The van der Waals surface area contributed by atoms with Crippen LogP contribution < -0.4 is 4.74 Å². The van der Waals surface area contributed by atoms with Gasteiger partial charge in [0, 0.05) is 19.2 Å². The Balaban J connectivity index is 1.45. The number of carbonyl (C=O) groups is 3. The van der Waals surface area contributed by atoms with E-state index in [-0.39, 0.29) is 28.9 Å². The molecule has 0 aliphatic carbocycles. The van der Waals surface area contributed by atoms with E-state index < -0.39 is 32.4 Å². The van der Waals surface area contributed by atoms with Crippen LogP contribution in [0.2, 0.25) is 0 Å². The molecule has 0 atom stereocenters. The van der Waals surface area contributed by atoms with Crippen LogP contribution >= 0.6 is 11.8 Å². The van der Waals surface area contributed by atoms with Crippen molar-refractivity contribution in [3.05, 3.63) is 73.2 Å². The average Bonchev–Trinajstić information content (AvgIpc) is 3.45.